The first-order valence-corrected chi connectivity index (χ1v) is 9.29. The molecule has 0 spiro atoms. The molecule has 0 saturated carbocycles. The Morgan fingerprint density at radius 3 is 2.31 bits per heavy atom. The lowest BCUT2D eigenvalue weighted by Crippen LogP contribution is -2.18. The van der Waals surface area contributed by atoms with Crippen molar-refractivity contribution < 1.29 is 19.0 Å². The third-order valence-corrected chi connectivity index (χ3v) is 4.56. The van der Waals surface area contributed by atoms with Gasteiger partial charge in [-0.15, -0.1) is 0 Å². The van der Waals surface area contributed by atoms with Crippen molar-refractivity contribution in [3.05, 3.63) is 58.2 Å². The Morgan fingerprint density at radius 2 is 1.72 bits per heavy atom. The van der Waals surface area contributed by atoms with E-state index in [-0.39, 0.29) is 0 Å². The highest BCUT2D eigenvalue weighted by Gasteiger charge is 2.13. The van der Waals surface area contributed by atoms with Crippen molar-refractivity contribution in [3.8, 4) is 28.5 Å². The molecule has 0 atom stereocenters. The first-order valence-electron chi connectivity index (χ1n) is 8.50. The SMILES string of the molecule is COc1cc(C=NNC(=O)c2cc(-c3ccc(Br)cc3)n[nH]2)cc(OC)c1OC. The molecule has 0 aliphatic heterocycles. The van der Waals surface area contributed by atoms with Gasteiger partial charge in [-0.3, -0.25) is 9.89 Å². The van der Waals surface area contributed by atoms with E-state index in [0.29, 0.717) is 34.2 Å². The minimum absolute atomic E-state index is 0.296. The van der Waals surface area contributed by atoms with E-state index in [4.69, 9.17) is 14.2 Å². The van der Waals surface area contributed by atoms with Crippen molar-refractivity contribution in [2.24, 2.45) is 5.10 Å². The van der Waals surface area contributed by atoms with Gasteiger partial charge >= 0.3 is 0 Å². The number of hydrogen-bond donors (Lipinski definition) is 2. The van der Waals surface area contributed by atoms with Crippen LogP contribution in [0.1, 0.15) is 16.1 Å². The average Bonchev–Trinajstić information content (AvgIpc) is 3.23. The second kappa shape index (κ2) is 9.24. The minimum Gasteiger partial charge on any atom is -0.493 e. The van der Waals surface area contributed by atoms with Gasteiger partial charge in [0, 0.05) is 15.6 Å². The number of carbonyl (C=O) groups excluding carboxylic acids is 1. The summed E-state index contributed by atoms with van der Waals surface area (Å²) in [5.41, 5.74) is 4.98. The third-order valence-electron chi connectivity index (χ3n) is 4.03. The number of halogens is 1. The van der Waals surface area contributed by atoms with E-state index in [0.717, 1.165) is 10.0 Å². The van der Waals surface area contributed by atoms with Crippen LogP contribution in [-0.4, -0.2) is 43.6 Å². The van der Waals surface area contributed by atoms with Crippen LogP contribution in [0.2, 0.25) is 0 Å². The molecule has 0 radical (unpaired) electrons. The van der Waals surface area contributed by atoms with Crippen LogP contribution in [0, 0.1) is 0 Å². The van der Waals surface area contributed by atoms with E-state index in [1.165, 1.54) is 27.5 Å². The predicted molar refractivity (Wildman–Crippen MR) is 113 cm³/mol. The molecule has 150 valence electrons. The van der Waals surface area contributed by atoms with Crippen molar-refractivity contribution in [2.75, 3.05) is 21.3 Å². The fourth-order valence-corrected chi connectivity index (χ4v) is 2.87. The lowest BCUT2D eigenvalue weighted by atomic mass is 10.1. The Hall–Kier alpha value is -3.33. The number of ether oxygens (including phenoxy) is 3. The standard InChI is InChI=1S/C20H19BrN4O4/c1-27-17-8-12(9-18(28-2)19(17)29-3)11-22-25-20(26)16-10-15(23-24-16)13-4-6-14(21)7-5-13/h4-11H,1-3H3,(H,23,24)(H,25,26). The molecule has 1 aromatic heterocycles. The summed E-state index contributed by atoms with van der Waals surface area (Å²) in [6.07, 6.45) is 1.48. The zero-order valence-electron chi connectivity index (χ0n) is 16.0. The van der Waals surface area contributed by atoms with Crippen LogP contribution in [0.4, 0.5) is 0 Å². The molecule has 29 heavy (non-hydrogen) atoms. The molecule has 0 saturated heterocycles. The van der Waals surface area contributed by atoms with Gasteiger partial charge in [0.15, 0.2) is 11.5 Å². The van der Waals surface area contributed by atoms with Crippen molar-refractivity contribution in [1.82, 2.24) is 15.6 Å². The van der Waals surface area contributed by atoms with Crippen LogP contribution in [0.15, 0.2) is 52.0 Å². The third kappa shape index (κ3) is 4.75. The Labute approximate surface area is 176 Å². The second-order valence-electron chi connectivity index (χ2n) is 5.83. The van der Waals surface area contributed by atoms with Crippen LogP contribution in [-0.2, 0) is 0 Å². The highest BCUT2D eigenvalue weighted by Crippen LogP contribution is 2.37. The number of aromatic nitrogens is 2. The molecule has 0 bridgehead atoms. The van der Waals surface area contributed by atoms with Gasteiger partial charge in [-0.2, -0.15) is 10.2 Å². The Balaban J connectivity index is 1.71. The summed E-state index contributed by atoms with van der Waals surface area (Å²) in [4.78, 5) is 12.3. The number of hydrogen-bond acceptors (Lipinski definition) is 6. The van der Waals surface area contributed by atoms with E-state index in [1.54, 1.807) is 18.2 Å². The van der Waals surface area contributed by atoms with Gasteiger partial charge in [0.25, 0.3) is 5.91 Å². The summed E-state index contributed by atoms with van der Waals surface area (Å²) in [5, 5.41) is 10.9. The van der Waals surface area contributed by atoms with E-state index in [9.17, 15) is 4.79 Å². The molecular formula is C20H19BrN4O4. The lowest BCUT2D eigenvalue weighted by Gasteiger charge is -2.12. The monoisotopic (exact) mass is 458 g/mol. The molecule has 2 aromatic carbocycles. The Kier molecular flexibility index (Phi) is 6.50. The Morgan fingerprint density at radius 1 is 1.07 bits per heavy atom. The van der Waals surface area contributed by atoms with E-state index in [2.05, 4.69) is 36.7 Å². The number of aromatic amines is 1. The molecule has 2 N–H and O–H groups in total. The first-order chi connectivity index (χ1) is 14.0. The summed E-state index contributed by atoms with van der Waals surface area (Å²) in [5.74, 6) is 1.05. The van der Waals surface area contributed by atoms with Crippen molar-refractivity contribution in [3.63, 3.8) is 0 Å². The zero-order valence-corrected chi connectivity index (χ0v) is 17.6. The van der Waals surface area contributed by atoms with Crippen LogP contribution in [0.25, 0.3) is 11.3 Å². The average molecular weight is 459 g/mol. The number of hydrazone groups is 1. The van der Waals surface area contributed by atoms with Gasteiger partial charge < -0.3 is 14.2 Å². The summed E-state index contributed by atoms with van der Waals surface area (Å²) in [6, 6.07) is 12.7. The van der Waals surface area contributed by atoms with Crippen LogP contribution in [0.3, 0.4) is 0 Å². The van der Waals surface area contributed by atoms with Gasteiger partial charge in [0.2, 0.25) is 5.75 Å². The van der Waals surface area contributed by atoms with Gasteiger partial charge in [-0.1, -0.05) is 28.1 Å². The maximum Gasteiger partial charge on any atom is 0.289 e. The normalized spacial score (nSPS) is 10.8. The molecule has 0 fully saturated rings. The summed E-state index contributed by atoms with van der Waals surface area (Å²) >= 11 is 3.39. The van der Waals surface area contributed by atoms with Gasteiger partial charge in [0.05, 0.1) is 33.2 Å². The molecule has 3 rings (SSSR count). The topological polar surface area (TPSA) is 97.8 Å². The van der Waals surface area contributed by atoms with Crippen molar-refractivity contribution in [2.45, 2.75) is 0 Å². The number of amides is 1. The maximum absolute atomic E-state index is 12.3. The quantitative estimate of drug-likeness (QED) is 0.416. The summed E-state index contributed by atoms with van der Waals surface area (Å²) in [7, 11) is 4.59. The van der Waals surface area contributed by atoms with E-state index in [1.807, 2.05) is 24.3 Å². The molecule has 0 aliphatic rings. The van der Waals surface area contributed by atoms with Gasteiger partial charge in [0.1, 0.15) is 5.69 Å². The van der Waals surface area contributed by atoms with E-state index >= 15 is 0 Å². The molecule has 1 amide bonds. The summed E-state index contributed by atoms with van der Waals surface area (Å²) < 4.78 is 16.8. The minimum atomic E-state index is -0.412. The predicted octanol–water partition coefficient (Wildman–Crippen LogP) is 3.63. The number of H-pyrrole nitrogens is 1. The number of carbonyl (C=O) groups is 1. The smallest absolute Gasteiger partial charge is 0.289 e. The molecule has 1 heterocycles. The largest absolute Gasteiger partial charge is 0.493 e. The van der Waals surface area contributed by atoms with Gasteiger partial charge in [-0.25, -0.2) is 5.43 Å². The zero-order chi connectivity index (χ0) is 20.8. The fraction of sp³-hybridized carbons (Fsp3) is 0.150. The summed E-state index contributed by atoms with van der Waals surface area (Å²) in [6.45, 7) is 0. The van der Waals surface area contributed by atoms with Crippen molar-refractivity contribution >= 4 is 28.1 Å². The number of rotatable bonds is 7. The molecule has 9 heteroatoms. The van der Waals surface area contributed by atoms with Gasteiger partial charge in [-0.05, 0) is 30.3 Å². The van der Waals surface area contributed by atoms with E-state index < -0.39 is 5.91 Å². The number of nitrogens with one attached hydrogen (secondary N) is 2. The molecule has 0 aliphatic carbocycles. The molecular weight excluding hydrogens is 440 g/mol. The van der Waals surface area contributed by atoms with Crippen LogP contribution >= 0.6 is 15.9 Å². The highest BCUT2D eigenvalue weighted by atomic mass is 79.9. The van der Waals surface area contributed by atoms with Crippen molar-refractivity contribution in [1.29, 1.82) is 0 Å². The molecule has 0 unspecified atom stereocenters. The molecule has 8 nitrogen and oxygen atoms in total. The van der Waals surface area contributed by atoms with Crippen LogP contribution < -0.4 is 19.6 Å². The first kappa shape index (κ1) is 20.4. The lowest BCUT2D eigenvalue weighted by molar-refractivity contribution is 0.0950. The number of methoxy groups -OCH3 is 3. The fourth-order valence-electron chi connectivity index (χ4n) is 2.61. The highest BCUT2D eigenvalue weighted by molar-refractivity contribution is 9.10. The number of benzene rings is 2. The molecule has 3 aromatic rings. The maximum atomic E-state index is 12.3. The second-order valence-corrected chi connectivity index (χ2v) is 6.75. The number of nitrogens with zero attached hydrogens (tertiary/aromatic N) is 2. The van der Waals surface area contributed by atoms with Crippen LogP contribution in [0.5, 0.6) is 17.2 Å². The Bertz CT molecular complexity index is 1010.